The number of benzene rings is 1. The van der Waals surface area contributed by atoms with Crippen molar-refractivity contribution in [3.05, 3.63) is 35.4 Å². The van der Waals surface area contributed by atoms with Crippen LogP contribution in [0.5, 0.6) is 0 Å². The molecule has 27 heavy (non-hydrogen) atoms. The van der Waals surface area contributed by atoms with Crippen molar-refractivity contribution in [2.24, 2.45) is 10.7 Å². The minimum absolute atomic E-state index is 0. The smallest absolute Gasteiger partial charge is 0.251 e. The largest absolute Gasteiger partial charge is 0.382 e. The quantitative estimate of drug-likeness (QED) is 0.160. The number of unbranched alkanes of at least 4 members (excludes halogenated alkanes) is 1. The van der Waals surface area contributed by atoms with E-state index in [1.807, 2.05) is 19.1 Å². The first-order chi connectivity index (χ1) is 12.6. The Bertz CT molecular complexity index is 593. The number of nitrogens with zero attached hydrogens (tertiary/aromatic N) is 1. The molecule has 0 aliphatic carbocycles. The standard InChI is InChI=1S/C18H29N5O3.HI/c1-3-26-11-5-4-10-21-18(20-2)23-12-14-6-8-15(9-7-14)17(25)22-13-16(19)24;/h6-9H,3-5,10-13H2,1-2H3,(H2,19,24)(H,22,25)(H2,20,21,23);1H. The van der Waals surface area contributed by atoms with E-state index in [4.69, 9.17) is 10.5 Å². The van der Waals surface area contributed by atoms with E-state index in [2.05, 4.69) is 20.9 Å². The maximum absolute atomic E-state index is 11.8. The molecule has 0 saturated heterocycles. The predicted molar refractivity (Wildman–Crippen MR) is 117 cm³/mol. The summed E-state index contributed by atoms with van der Waals surface area (Å²) in [4.78, 5) is 26.7. The van der Waals surface area contributed by atoms with E-state index in [1.54, 1.807) is 19.2 Å². The lowest BCUT2D eigenvalue weighted by Gasteiger charge is -2.12. The number of carbonyl (C=O) groups excluding carboxylic acids is 2. The Morgan fingerprint density at radius 3 is 2.41 bits per heavy atom. The highest BCUT2D eigenvalue weighted by molar-refractivity contribution is 14.0. The molecule has 0 bridgehead atoms. The van der Waals surface area contributed by atoms with Crippen molar-refractivity contribution in [3.63, 3.8) is 0 Å². The highest BCUT2D eigenvalue weighted by atomic mass is 127. The van der Waals surface area contributed by atoms with Gasteiger partial charge in [-0.2, -0.15) is 0 Å². The normalized spacial score (nSPS) is 10.7. The monoisotopic (exact) mass is 491 g/mol. The van der Waals surface area contributed by atoms with Gasteiger partial charge in [0.1, 0.15) is 0 Å². The maximum atomic E-state index is 11.8. The molecule has 0 unspecified atom stereocenters. The van der Waals surface area contributed by atoms with Gasteiger partial charge in [0.15, 0.2) is 5.96 Å². The molecule has 2 amide bonds. The van der Waals surface area contributed by atoms with Crippen LogP contribution in [0.3, 0.4) is 0 Å². The number of hydrogen-bond donors (Lipinski definition) is 4. The Balaban J connectivity index is 0.00000676. The summed E-state index contributed by atoms with van der Waals surface area (Å²) in [6.07, 6.45) is 2.02. The number of rotatable bonds is 11. The number of nitrogens with one attached hydrogen (secondary N) is 3. The molecule has 152 valence electrons. The van der Waals surface area contributed by atoms with Crippen molar-refractivity contribution in [2.75, 3.05) is 33.4 Å². The second kappa shape index (κ2) is 15.2. The van der Waals surface area contributed by atoms with Crippen molar-refractivity contribution in [1.82, 2.24) is 16.0 Å². The van der Waals surface area contributed by atoms with E-state index in [0.29, 0.717) is 12.1 Å². The van der Waals surface area contributed by atoms with Gasteiger partial charge in [0.05, 0.1) is 6.54 Å². The molecule has 0 radical (unpaired) electrons. The first-order valence-corrected chi connectivity index (χ1v) is 8.74. The third-order valence-corrected chi connectivity index (χ3v) is 3.53. The molecule has 0 fully saturated rings. The summed E-state index contributed by atoms with van der Waals surface area (Å²) in [5.74, 6) is -0.173. The molecule has 0 spiro atoms. The number of nitrogens with two attached hydrogens (primary N) is 1. The van der Waals surface area contributed by atoms with Gasteiger partial charge in [-0.3, -0.25) is 14.6 Å². The average molecular weight is 491 g/mol. The zero-order valence-corrected chi connectivity index (χ0v) is 18.2. The summed E-state index contributed by atoms with van der Waals surface area (Å²) < 4.78 is 5.30. The fourth-order valence-corrected chi connectivity index (χ4v) is 2.13. The van der Waals surface area contributed by atoms with Crippen LogP contribution in [0.2, 0.25) is 0 Å². The molecule has 0 aromatic heterocycles. The first kappa shape index (κ1) is 25.1. The lowest BCUT2D eigenvalue weighted by Crippen LogP contribution is -2.37. The molecule has 1 aromatic carbocycles. The topological polar surface area (TPSA) is 118 Å². The Morgan fingerprint density at radius 2 is 1.81 bits per heavy atom. The molecule has 0 aliphatic rings. The van der Waals surface area contributed by atoms with Crippen LogP contribution in [0.25, 0.3) is 0 Å². The zero-order valence-electron chi connectivity index (χ0n) is 15.9. The second-order valence-corrected chi connectivity index (χ2v) is 5.60. The molecular formula is C18H30IN5O3. The number of ether oxygens (including phenoxy) is 1. The third-order valence-electron chi connectivity index (χ3n) is 3.53. The molecule has 9 heteroatoms. The fraction of sp³-hybridized carbons (Fsp3) is 0.500. The van der Waals surface area contributed by atoms with Crippen molar-refractivity contribution in [1.29, 1.82) is 0 Å². The molecule has 0 aliphatic heterocycles. The molecule has 0 heterocycles. The summed E-state index contributed by atoms with van der Waals surface area (Å²) >= 11 is 0. The highest BCUT2D eigenvalue weighted by Crippen LogP contribution is 2.04. The van der Waals surface area contributed by atoms with E-state index in [1.165, 1.54) is 0 Å². The Kier molecular flexibility index (Phi) is 14.1. The van der Waals surface area contributed by atoms with Crippen LogP contribution in [-0.4, -0.2) is 51.1 Å². The lowest BCUT2D eigenvalue weighted by molar-refractivity contribution is -0.117. The minimum atomic E-state index is -0.573. The van der Waals surface area contributed by atoms with Crippen LogP contribution in [0, 0.1) is 0 Å². The predicted octanol–water partition coefficient (Wildman–Crippen LogP) is 1.00. The average Bonchev–Trinajstić information content (AvgIpc) is 2.65. The zero-order chi connectivity index (χ0) is 19.2. The Morgan fingerprint density at radius 1 is 1.11 bits per heavy atom. The van der Waals surface area contributed by atoms with E-state index in [0.717, 1.165) is 44.1 Å². The highest BCUT2D eigenvalue weighted by Gasteiger charge is 2.06. The number of amides is 2. The number of primary amides is 1. The van der Waals surface area contributed by atoms with Gasteiger partial charge < -0.3 is 26.4 Å². The summed E-state index contributed by atoms with van der Waals surface area (Å²) in [6, 6.07) is 7.11. The van der Waals surface area contributed by atoms with Crippen LogP contribution in [0.1, 0.15) is 35.7 Å². The van der Waals surface area contributed by atoms with Crippen molar-refractivity contribution >= 4 is 41.8 Å². The summed E-state index contributed by atoms with van der Waals surface area (Å²) in [6.45, 7) is 4.76. The van der Waals surface area contributed by atoms with Gasteiger partial charge >= 0.3 is 0 Å². The first-order valence-electron chi connectivity index (χ1n) is 8.74. The summed E-state index contributed by atoms with van der Waals surface area (Å²) in [5.41, 5.74) is 6.49. The maximum Gasteiger partial charge on any atom is 0.251 e. The van der Waals surface area contributed by atoms with E-state index in [9.17, 15) is 9.59 Å². The van der Waals surface area contributed by atoms with Crippen LogP contribution >= 0.6 is 24.0 Å². The SMILES string of the molecule is CCOCCCCNC(=NC)NCc1ccc(C(=O)NCC(N)=O)cc1.I. The molecular weight excluding hydrogens is 461 g/mol. The molecule has 0 saturated carbocycles. The number of guanidine groups is 1. The number of carbonyl (C=O) groups is 2. The van der Waals surface area contributed by atoms with Gasteiger partial charge in [-0.15, -0.1) is 24.0 Å². The number of aliphatic imine (C=N–C) groups is 1. The van der Waals surface area contributed by atoms with E-state index >= 15 is 0 Å². The third kappa shape index (κ3) is 11.4. The second-order valence-electron chi connectivity index (χ2n) is 5.60. The Hall–Kier alpha value is -1.88. The molecule has 5 N–H and O–H groups in total. The molecule has 8 nitrogen and oxygen atoms in total. The fourth-order valence-electron chi connectivity index (χ4n) is 2.13. The van der Waals surface area contributed by atoms with Crippen LogP contribution < -0.4 is 21.7 Å². The van der Waals surface area contributed by atoms with Crippen LogP contribution in [0.4, 0.5) is 0 Å². The van der Waals surface area contributed by atoms with Gasteiger partial charge in [0.25, 0.3) is 5.91 Å². The van der Waals surface area contributed by atoms with Crippen molar-refractivity contribution in [2.45, 2.75) is 26.3 Å². The van der Waals surface area contributed by atoms with E-state index < -0.39 is 5.91 Å². The van der Waals surface area contributed by atoms with Gasteiger partial charge in [-0.05, 0) is 37.5 Å². The van der Waals surface area contributed by atoms with Crippen LogP contribution in [0.15, 0.2) is 29.3 Å². The summed E-state index contributed by atoms with van der Waals surface area (Å²) in [7, 11) is 1.72. The van der Waals surface area contributed by atoms with Crippen molar-refractivity contribution in [3.8, 4) is 0 Å². The van der Waals surface area contributed by atoms with Gasteiger partial charge in [-0.1, -0.05) is 12.1 Å². The van der Waals surface area contributed by atoms with Gasteiger partial charge in [-0.25, -0.2) is 0 Å². The van der Waals surface area contributed by atoms with Gasteiger partial charge in [0, 0.05) is 38.9 Å². The molecule has 1 aromatic rings. The van der Waals surface area contributed by atoms with Crippen molar-refractivity contribution < 1.29 is 14.3 Å². The minimum Gasteiger partial charge on any atom is -0.382 e. The lowest BCUT2D eigenvalue weighted by atomic mass is 10.1. The van der Waals surface area contributed by atoms with E-state index in [-0.39, 0.29) is 36.4 Å². The number of halogens is 1. The van der Waals surface area contributed by atoms with Gasteiger partial charge in [0.2, 0.25) is 5.91 Å². The molecule has 0 atom stereocenters. The summed E-state index contributed by atoms with van der Waals surface area (Å²) in [5, 5.41) is 8.92. The van der Waals surface area contributed by atoms with Crippen LogP contribution in [-0.2, 0) is 16.1 Å². The molecule has 1 rings (SSSR count). The number of hydrogen-bond acceptors (Lipinski definition) is 4. The Labute approximate surface area is 177 Å².